The van der Waals surface area contributed by atoms with Gasteiger partial charge in [0, 0.05) is 6.04 Å². The van der Waals surface area contributed by atoms with Crippen molar-refractivity contribution in [2.24, 2.45) is 17.8 Å². The lowest BCUT2D eigenvalue weighted by molar-refractivity contribution is -0.146. The Hall–Kier alpha value is -1.06. The maximum atomic E-state index is 12.0. The van der Waals surface area contributed by atoms with Crippen LogP contribution in [0.3, 0.4) is 0 Å². The molecule has 1 unspecified atom stereocenters. The quantitative estimate of drug-likeness (QED) is 0.768. The van der Waals surface area contributed by atoms with Crippen LogP contribution in [0.25, 0.3) is 0 Å². The SMILES string of the molecule is CC(CC1CC1)NC(=O)[C@@H]1CCC[C@@H]1C(=O)O. The number of nitrogens with one attached hydrogen (secondary N) is 1. The van der Waals surface area contributed by atoms with E-state index in [9.17, 15) is 9.59 Å². The molecule has 96 valence electrons. The standard InChI is InChI=1S/C13H21NO3/c1-8(7-9-5-6-9)14-12(15)10-3-2-4-11(10)13(16)17/h8-11H,2-7H2,1H3,(H,14,15)(H,16,17)/t8?,10-,11+/m1/s1. The number of aliphatic carboxylic acids is 1. The van der Waals surface area contributed by atoms with E-state index in [1.165, 1.54) is 12.8 Å². The number of carbonyl (C=O) groups is 2. The van der Waals surface area contributed by atoms with Crippen LogP contribution < -0.4 is 5.32 Å². The molecule has 0 aliphatic heterocycles. The average molecular weight is 239 g/mol. The van der Waals surface area contributed by atoms with E-state index in [4.69, 9.17) is 5.11 Å². The Morgan fingerprint density at radius 2 is 1.88 bits per heavy atom. The third-order valence-corrected chi connectivity index (χ3v) is 3.94. The summed E-state index contributed by atoms with van der Waals surface area (Å²) in [6, 6.07) is 0.185. The minimum atomic E-state index is -0.822. The monoisotopic (exact) mass is 239 g/mol. The van der Waals surface area contributed by atoms with Crippen LogP contribution in [0.15, 0.2) is 0 Å². The third kappa shape index (κ3) is 3.20. The summed E-state index contributed by atoms with van der Waals surface area (Å²) in [4.78, 5) is 23.0. The van der Waals surface area contributed by atoms with Crippen molar-refractivity contribution in [3.63, 3.8) is 0 Å². The van der Waals surface area contributed by atoms with E-state index in [2.05, 4.69) is 5.32 Å². The lowest BCUT2D eigenvalue weighted by atomic mass is 9.95. The Bertz CT molecular complexity index is 312. The number of carboxylic acid groups (broad SMARTS) is 1. The van der Waals surface area contributed by atoms with Gasteiger partial charge in [0.1, 0.15) is 0 Å². The summed E-state index contributed by atoms with van der Waals surface area (Å²) in [5.74, 6) is -0.873. The van der Waals surface area contributed by atoms with E-state index < -0.39 is 11.9 Å². The Balaban J connectivity index is 1.83. The Kier molecular flexibility index (Phi) is 3.69. The van der Waals surface area contributed by atoms with Crippen LogP contribution in [0.2, 0.25) is 0 Å². The van der Waals surface area contributed by atoms with Gasteiger partial charge in [-0.05, 0) is 32.1 Å². The Morgan fingerprint density at radius 3 is 2.47 bits per heavy atom. The minimum Gasteiger partial charge on any atom is -0.481 e. The number of carboxylic acids is 1. The van der Waals surface area contributed by atoms with Gasteiger partial charge in [0.2, 0.25) is 5.91 Å². The molecule has 2 aliphatic rings. The van der Waals surface area contributed by atoms with Gasteiger partial charge in [0.05, 0.1) is 11.8 Å². The normalized spacial score (nSPS) is 29.9. The number of amides is 1. The van der Waals surface area contributed by atoms with Gasteiger partial charge >= 0.3 is 5.97 Å². The van der Waals surface area contributed by atoms with Gasteiger partial charge in [-0.2, -0.15) is 0 Å². The van der Waals surface area contributed by atoms with E-state index >= 15 is 0 Å². The number of carbonyl (C=O) groups excluding carboxylic acids is 1. The first-order valence-electron chi connectivity index (χ1n) is 6.61. The molecule has 2 rings (SSSR count). The fourth-order valence-electron chi connectivity index (χ4n) is 2.83. The summed E-state index contributed by atoms with van der Waals surface area (Å²) in [6.07, 6.45) is 5.81. The highest BCUT2D eigenvalue weighted by atomic mass is 16.4. The van der Waals surface area contributed by atoms with Crippen molar-refractivity contribution in [2.75, 3.05) is 0 Å². The lowest BCUT2D eigenvalue weighted by Crippen LogP contribution is -2.40. The van der Waals surface area contributed by atoms with Gasteiger partial charge in [-0.3, -0.25) is 9.59 Å². The van der Waals surface area contributed by atoms with Gasteiger partial charge < -0.3 is 10.4 Å². The molecule has 17 heavy (non-hydrogen) atoms. The van der Waals surface area contributed by atoms with Crippen molar-refractivity contribution in [3.05, 3.63) is 0 Å². The molecule has 2 aliphatic carbocycles. The number of hydrogen-bond donors (Lipinski definition) is 2. The molecule has 0 heterocycles. The van der Waals surface area contributed by atoms with Crippen LogP contribution in [-0.4, -0.2) is 23.0 Å². The van der Waals surface area contributed by atoms with Crippen LogP contribution in [0.5, 0.6) is 0 Å². The van der Waals surface area contributed by atoms with Gasteiger partial charge in [-0.15, -0.1) is 0 Å². The molecule has 1 amide bonds. The van der Waals surface area contributed by atoms with Crippen molar-refractivity contribution in [1.82, 2.24) is 5.32 Å². The highest BCUT2D eigenvalue weighted by Gasteiger charge is 2.38. The largest absolute Gasteiger partial charge is 0.481 e. The molecule has 0 spiro atoms. The van der Waals surface area contributed by atoms with Gasteiger partial charge in [0.15, 0.2) is 0 Å². The van der Waals surface area contributed by atoms with E-state index in [1.807, 2.05) is 6.92 Å². The Labute approximate surface area is 102 Å². The molecule has 3 atom stereocenters. The number of rotatable bonds is 5. The molecule has 2 fully saturated rings. The van der Waals surface area contributed by atoms with Crippen LogP contribution in [0.1, 0.15) is 45.4 Å². The highest BCUT2D eigenvalue weighted by Crippen LogP contribution is 2.34. The van der Waals surface area contributed by atoms with E-state index in [-0.39, 0.29) is 17.9 Å². The molecular weight excluding hydrogens is 218 g/mol. The molecule has 2 N–H and O–H groups in total. The predicted molar refractivity (Wildman–Crippen MR) is 63.4 cm³/mol. The lowest BCUT2D eigenvalue weighted by Gasteiger charge is -2.19. The molecular formula is C13H21NO3. The molecule has 0 aromatic rings. The molecule has 0 aromatic heterocycles. The first-order chi connectivity index (χ1) is 8.08. The van der Waals surface area contributed by atoms with Crippen molar-refractivity contribution >= 4 is 11.9 Å². The van der Waals surface area contributed by atoms with Crippen LogP contribution >= 0.6 is 0 Å². The maximum Gasteiger partial charge on any atom is 0.307 e. The first-order valence-corrected chi connectivity index (χ1v) is 6.61. The fourth-order valence-corrected chi connectivity index (χ4v) is 2.83. The zero-order valence-electron chi connectivity index (χ0n) is 10.3. The van der Waals surface area contributed by atoms with E-state index in [0.717, 1.165) is 25.2 Å². The molecule has 0 bridgehead atoms. The summed E-state index contributed by atoms with van der Waals surface area (Å²) >= 11 is 0. The van der Waals surface area contributed by atoms with Gasteiger partial charge in [-0.25, -0.2) is 0 Å². The molecule has 0 radical (unpaired) electrons. The zero-order valence-corrected chi connectivity index (χ0v) is 10.3. The molecule has 2 saturated carbocycles. The highest BCUT2D eigenvalue weighted by molar-refractivity contribution is 5.85. The van der Waals surface area contributed by atoms with Crippen molar-refractivity contribution in [2.45, 2.75) is 51.5 Å². The summed E-state index contributed by atoms with van der Waals surface area (Å²) in [6.45, 7) is 2.01. The second kappa shape index (κ2) is 5.07. The summed E-state index contributed by atoms with van der Waals surface area (Å²) in [5, 5.41) is 12.0. The predicted octanol–water partition coefficient (Wildman–Crippen LogP) is 1.79. The van der Waals surface area contributed by atoms with E-state index in [0.29, 0.717) is 6.42 Å². The molecule has 0 aromatic carbocycles. The topological polar surface area (TPSA) is 66.4 Å². The summed E-state index contributed by atoms with van der Waals surface area (Å²) in [7, 11) is 0. The van der Waals surface area contributed by atoms with Crippen LogP contribution in [-0.2, 0) is 9.59 Å². The molecule has 4 heteroatoms. The van der Waals surface area contributed by atoms with Crippen LogP contribution in [0.4, 0.5) is 0 Å². The first kappa shape index (κ1) is 12.4. The zero-order chi connectivity index (χ0) is 12.4. The van der Waals surface area contributed by atoms with Gasteiger partial charge in [0.25, 0.3) is 0 Å². The fraction of sp³-hybridized carbons (Fsp3) is 0.846. The van der Waals surface area contributed by atoms with Crippen molar-refractivity contribution in [3.8, 4) is 0 Å². The Morgan fingerprint density at radius 1 is 1.24 bits per heavy atom. The molecule has 0 saturated heterocycles. The van der Waals surface area contributed by atoms with Crippen molar-refractivity contribution in [1.29, 1.82) is 0 Å². The molecule has 4 nitrogen and oxygen atoms in total. The maximum absolute atomic E-state index is 12.0. The van der Waals surface area contributed by atoms with E-state index in [1.54, 1.807) is 0 Å². The van der Waals surface area contributed by atoms with Gasteiger partial charge in [-0.1, -0.05) is 19.3 Å². The second-order valence-electron chi connectivity index (χ2n) is 5.57. The second-order valence-corrected chi connectivity index (χ2v) is 5.57. The summed E-state index contributed by atoms with van der Waals surface area (Å²) < 4.78 is 0. The summed E-state index contributed by atoms with van der Waals surface area (Å²) in [5.41, 5.74) is 0. The minimum absolute atomic E-state index is 0.0527. The smallest absolute Gasteiger partial charge is 0.307 e. The third-order valence-electron chi connectivity index (χ3n) is 3.94. The van der Waals surface area contributed by atoms with Crippen LogP contribution in [0, 0.1) is 17.8 Å². The average Bonchev–Trinajstić information content (AvgIpc) is 2.92. The van der Waals surface area contributed by atoms with Crippen molar-refractivity contribution < 1.29 is 14.7 Å². The number of hydrogen-bond acceptors (Lipinski definition) is 2.